The zero-order valence-electron chi connectivity index (χ0n) is 13.7. The van der Waals surface area contributed by atoms with Gasteiger partial charge in [0.25, 0.3) is 0 Å². The summed E-state index contributed by atoms with van der Waals surface area (Å²) in [4.78, 5) is 21.6. The second kappa shape index (κ2) is 10.9. The predicted molar refractivity (Wildman–Crippen MR) is 101 cm³/mol. The van der Waals surface area contributed by atoms with E-state index in [4.69, 9.17) is 33.4 Å². The van der Waals surface area contributed by atoms with E-state index in [1.165, 1.54) is 11.8 Å². The third-order valence-electron chi connectivity index (χ3n) is 3.67. The summed E-state index contributed by atoms with van der Waals surface area (Å²) >= 11 is 13.1. The lowest BCUT2D eigenvalue weighted by atomic mass is 10.0. The van der Waals surface area contributed by atoms with Gasteiger partial charge < -0.3 is 15.3 Å². The maximum Gasteiger partial charge on any atom is 0.337 e. The van der Waals surface area contributed by atoms with Crippen molar-refractivity contribution in [3.63, 3.8) is 0 Å². The maximum absolute atomic E-state index is 11.0. The first kappa shape index (κ1) is 22.1. The fourth-order valence-electron chi connectivity index (χ4n) is 2.26. The highest BCUT2D eigenvalue weighted by atomic mass is 35.5. The van der Waals surface area contributed by atoms with Gasteiger partial charge in [0.05, 0.1) is 16.5 Å². The number of rotatable bonds is 12. The quantitative estimate of drug-likeness (QED) is 0.450. The monoisotopic (exact) mass is 408 g/mol. The van der Waals surface area contributed by atoms with E-state index < -0.39 is 24.0 Å². The molecule has 3 N–H and O–H groups in total. The molecule has 0 aliphatic heterocycles. The van der Waals surface area contributed by atoms with Crippen LogP contribution in [-0.4, -0.2) is 44.4 Å². The molecule has 0 spiro atoms. The number of aliphatic carboxylic acids is 2. The molecular formula is C17H22Cl2O5S. The summed E-state index contributed by atoms with van der Waals surface area (Å²) in [7, 11) is 0. The molecule has 0 aliphatic carbocycles. The minimum atomic E-state index is -2.20. The molecule has 0 radical (unpaired) electrons. The zero-order chi connectivity index (χ0) is 18.9. The number of hydrogen-bond donors (Lipinski definition) is 3. The van der Waals surface area contributed by atoms with Gasteiger partial charge in [-0.25, -0.2) is 4.79 Å². The second-order valence-electron chi connectivity index (χ2n) is 5.87. The van der Waals surface area contributed by atoms with Crippen LogP contribution >= 0.6 is 35.0 Å². The molecule has 0 heterocycles. The number of carboxylic acids is 2. The van der Waals surface area contributed by atoms with Crippen LogP contribution in [0.25, 0.3) is 0 Å². The third kappa shape index (κ3) is 8.31. The first-order chi connectivity index (χ1) is 11.7. The molecule has 0 aliphatic rings. The molecule has 1 unspecified atom stereocenters. The number of unbranched alkanes of at least 4 members (excludes halogenated alkanes) is 3. The molecule has 1 atom stereocenters. The Bertz CT molecular complexity index is 596. The Hall–Kier alpha value is -0.950. The summed E-state index contributed by atoms with van der Waals surface area (Å²) in [6, 6.07) is 5.62. The molecule has 140 valence electrons. The SMILES string of the molecule is O=C(O)CC(O)(CSCCCCCCc1ccc(Cl)c(Cl)c1)C(=O)O. The Morgan fingerprint density at radius 2 is 1.72 bits per heavy atom. The third-order valence-corrected chi connectivity index (χ3v) is 5.67. The molecule has 25 heavy (non-hydrogen) atoms. The van der Waals surface area contributed by atoms with E-state index in [0.29, 0.717) is 15.8 Å². The number of carbonyl (C=O) groups is 2. The Kier molecular flexibility index (Phi) is 9.64. The first-order valence-corrected chi connectivity index (χ1v) is 9.85. The van der Waals surface area contributed by atoms with Gasteiger partial charge in [0.1, 0.15) is 0 Å². The number of halogens is 2. The van der Waals surface area contributed by atoms with Crippen molar-refractivity contribution in [3.8, 4) is 0 Å². The number of carboxylic acid groups (broad SMARTS) is 2. The summed E-state index contributed by atoms with van der Waals surface area (Å²) in [5.74, 6) is -2.27. The van der Waals surface area contributed by atoms with Gasteiger partial charge in [0.15, 0.2) is 5.60 Å². The van der Waals surface area contributed by atoms with E-state index in [0.717, 1.165) is 37.7 Å². The summed E-state index contributed by atoms with van der Waals surface area (Å²) in [6.07, 6.45) is 4.04. The Morgan fingerprint density at radius 3 is 2.32 bits per heavy atom. The summed E-state index contributed by atoms with van der Waals surface area (Å²) < 4.78 is 0. The molecule has 5 nitrogen and oxygen atoms in total. The Balaban J connectivity index is 2.16. The lowest BCUT2D eigenvalue weighted by molar-refractivity contribution is -0.162. The Morgan fingerprint density at radius 1 is 1.04 bits per heavy atom. The highest BCUT2D eigenvalue weighted by Gasteiger charge is 2.38. The Labute approximate surface area is 161 Å². The lowest BCUT2D eigenvalue weighted by Gasteiger charge is -2.20. The largest absolute Gasteiger partial charge is 0.481 e. The second-order valence-corrected chi connectivity index (χ2v) is 7.79. The molecule has 8 heteroatoms. The van der Waals surface area contributed by atoms with Crippen LogP contribution in [0.1, 0.15) is 37.7 Å². The van der Waals surface area contributed by atoms with Crippen LogP contribution in [0.5, 0.6) is 0 Å². The number of benzene rings is 1. The highest BCUT2D eigenvalue weighted by molar-refractivity contribution is 7.99. The highest BCUT2D eigenvalue weighted by Crippen LogP contribution is 2.24. The van der Waals surface area contributed by atoms with Crippen LogP contribution in [0.4, 0.5) is 0 Å². The van der Waals surface area contributed by atoms with Crippen molar-refractivity contribution < 1.29 is 24.9 Å². The lowest BCUT2D eigenvalue weighted by Crippen LogP contribution is -2.43. The number of aryl methyl sites for hydroxylation is 1. The van der Waals surface area contributed by atoms with Gasteiger partial charge in [-0.3, -0.25) is 4.79 Å². The summed E-state index contributed by atoms with van der Waals surface area (Å²) in [5.41, 5.74) is -1.06. The molecule has 0 saturated heterocycles. The predicted octanol–water partition coefficient (Wildman–Crippen LogP) is 4.12. The fourth-order valence-corrected chi connectivity index (χ4v) is 3.70. The van der Waals surface area contributed by atoms with Crippen molar-refractivity contribution in [2.75, 3.05) is 11.5 Å². The minimum absolute atomic E-state index is 0.127. The summed E-state index contributed by atoms with van der Waals surface area (Å²) in [5, 5.41) is 28.6. The standard InChI is InChI=1S/C17H22Cl2O5S/c18-13-7-6-12(9-14(13)19)5-3-1-2-4-8-25-11-17(24,16(22)23)10-15(20)21/h6-7,9,24H,1-5,8,10-11H2,(H,20,21)(H,22,23). The van der Waals surface area contributed by atoms with Crippen LogP contribution in [0.3, 0.4) is 0 Å². The molecule has 0 aromatic heterocycles. The molecule has 0 bridgehead atoms. The average Bonchev–Trinajstić information content (AvgIpc) is 2.52. The van der Waals surface area contributed by atoms with Gasteiger partial charge in [0, 0.05) is 5.75 Å². The molecule has 0 fully saturated rings. The first-order valence-electron chi connectivity index (χ1n) is 7.94. The topological polar surface area (TPSA) is 94.8 Å². The molecule has 1 aromatic carbocycles. The van der Waals surface area contributed by atoms with Gasteiger partial charge >= 0.3 is 11.9 Å². The molecular weight excluding hydrogens is 387 g/mol. The minimum Gasteiger partial charge on any atom is -0.481 e. The zero-order valence-corrected chi connectivity index (χ0v) is 16.0. The van der Waals surface area contributed by atoms with Gasteiger partial charge in [-0.2, -0.15) is 11.8 Å². The normalized spacial score (nSPS) is 13.4. The fraction of sp³-hybridized carbons (Fsp3) is 0.529. The van der Waals surface area contributed by atoms with Gasteiger partial charge in [-0.1, -0.05) is 42.1 Å². The van der Waals surface area contributed by atoms with Crippen LogP contribution < -0.4 is 0 Å². The van der Waals surface area contributed by atoms with E-state index >= 15 is 0 Å². The van der Waals surface area contributed by atoms with E-state index in [2.05, 4.69) is 0 Å². The molecule has 0 amide bonds. The smallest absolute Gasteiger partial charge is 0.337 e. The van der Waals surface area contributed by atoms with Crippen LogP contribution in [-0.2, 0) is 16.0 Å². The van der Waals surface area contributed by atoms with E-state index in [9.17, 15) is 14.7 Å². The van der Waals surface area contributed by atoms with Crippen molar-refractivity contribution in [2.45, 2.75) is 44.1 Å². The van der Waals surface area contributed by atoms with E-state index in [-0.39, 0.29) is 5.75 Å². The molecule has 1 aromatic rings. The van der Waals surface area contributed by atoms with Crippen molar-refractivity contribution in [2.24, 2.45) is 0 Å². The van der Waals surface area contributed by atoms with E-state index in [1.54, 1.807) is 6.07 Å². The number of thioether (sulfide) groups is 1. The molecule has 1 rings (SSSR count). The van der Waals surface area contributed by atoms with Gasteiger partial charge in [-0.15, -0.1) is 0 Å². The molecule has 0 saturated carbocycles. The van der Waals surface area contributed by atoms with Crippen LogP contribution in [0.15, 0.2) is 18.2 Å². The van der Waals surface area contributed by atoms with Crippen molar-refractivity contribution in [1.82, 2.24) is 0 Å². The number of aliphatic hydroxyl groups is 1. The number of hydrogen-bond acceptors (Lipinski definition) is 4. The summed E-state index contributed by atoms with van der Waals surface area (Å²) in [6.45, 7) is 0. The van der Waals surface area contributed by atoms with Gasteiger partial charge in [-0.05, 0) is 42.7 Å². The maximum atomic E-state index is 11.0. The van der Waals surface area contributed by atoms with Gasteiger partial charge in [0.2, 0.25) is 0 Å². The van der Waals surface area contributed by atoms with Crippen LogP contribution in [0.2, 0.25) is 10.0 Å². The van der Waals surface area contributed by atoms with Crippen molar-refractivity contribution >= 4 is 46.9 Å². The van der Waals surface area contributed by atoms with Crippen molar-refractivity contribution in [3.05, 3.63) is 33.8 Å². The van der Waals surface area contributed by atoms with E-state index in [1.807, 2.05) is 12.1 Å². The van der Waals surface area contributed by atoms with Crippen LogP contribution in [0, 0.1) is 0 Å². The average molecular weight is 409 g/mol. The van der Waals surface area contributed by atoms with Crippen molar-refractivity contribution in [1.29, 1.82) is 0 Å².